The molecule has 6 nitrogen and oxygen atoms in total. The number of ether oxygens (including phenoxy) is 2. The van der Waals surface area contributed by atoms with Crippen molar-refractivity contribution in [1.29, 1.82) is 0 Å². The van der Waals surface area contributed by atoms with E-state index in [1.165, 1.54) is 6.92 Å². The Labute approximate surface area is 89.4 Å². The molecular formula is C9H20O6. The smallest absolute Gasteiger partial charge is 0.314 e. The Hall–Kier alpha value is -0.690. The van der Waals surface area contributed by atoms with Crippen LogP contribution >= 0.6 is 0 Å². The molecule has 92 valence electrons. The number of rotatable bonds is 5. The lowest BCUT2D eigenvalue weighted by atomic mass is 9.94. The predicted octanol–water partition coefficient (Wildman–Crippen LogP) is -0.313. The molecule has 0 aromatic heterocycles. The quantitative estimate of drug-likeness (QED) is 0.554. The van der Waals surface area contributed by atoms with Gasteiger partial charge in [0.05, 0.1) is 13.2 Å². The standard InChI is InChI=1S/C5H10O4.C4H10O2/c1-5(2-6,3-7)4(8)9;1-4(5-2)6-3/h6-7H,2-3H2,1H3,(H,8,9);4H,1-3H3. The zero-order valence-corrected chi connectivity index (χ0v) is 9.56. The highest BCUT2D eigenvalue weighted by atomic mass is 16.7. The van der Waals surface area contributed by atoms with Gasteiger partial charge < -0.3 is 24.8 Å². The first-order chi connectivity index (χ1) is 6.87. The van der Waals surface area contributed by atoms with Crippen LogP contribution in [-0.4, -0.2) is 55.0 Å². The molecule has 0 unspecified atom stereocenters. The number of methoxy groups -OCH3 is 2. The van der Waals surface area contributed by atoms with E-state index in [1.54, 1.807) is 14.2 Å². The Morgan fingerprint density at radius 2 is 1.60 bits per heavy atom. The largest absolute Gasteiger partial charge is 0.481 e. The minimum Gasteiger partial charge on any atom is -0.481 e. The van der Waals surface area contributed by atoms with E-state index in [1.807, 2.05) is 6.92 Å². The lowest BCUT2D eigenvalue weighted by Crippen LogP contribution is -2.35. The average Bonchev–Trinajstić information content (AvgIpc) is 2.27. The van der Waals surface area contributed by atoms with Crippen molar-refractivity contribution in [2.24, 2.45) is 5.41 Å². The molecule has 0 aliphatic rings. The summed E-state index contributed by atoms with van der Waals surface area (Å²) in [5.41, 5.74) is -1.39. The van der Waals surface area contributed by atoms with Crippen LogP contribution in [0.15, 0.2) is 0 Å². The maximum atomic E-state index is 10.2. The molecular weight excluding hydrogens is 204 g/mol. The second-order valence-electron chi connectivity index (χ2n) is 3.22. The van der Waals surface area contributed by atoms with E-state index in [0.29, 0.717) is 0 Å². The summed E-state index contributed by atoms with van der Waals surface area (Å²) >= 11 is 0. The van der Waals surface area contributed by atoms with Crippen LogP contribution in [-0.2, 0) is 14.3 Å². The van der Waals surface area contributed by atoms with E-state index in [4.69, 9.17) is 15.3 Å². The Kier molecular flexibility index (Phi) is 9.60. The summed E-state index contributed by atoms with van der Waals surface area (Å²) in [5.74, 6) is -1.19. The fourth-order valence-corrected chi connectivity index (χ4v) is 0.281. The highest BCUT2D eigenvalue weighted by Crippen LogP contribution is 2.12. The molecule has 0 bridgehead atoms. The fraction of sp³-hybridized carbons (Fsp3) is 0.889. The third-order valence-electron chi connectivity index (χ3n) is 1.88. The SMILES string of the molecule is CC(CO)(CO)C(=O)O.COC(C)OC. The lowest BCUT2D eigenvalue weighted by Gasteiger charge is -2.17. The molecule has 0 saturated heterocycles. The van der Waals surface area contributed by atoms with Crippen molar-refractivity contribution >= 4 is 5.97 Å². The minimum absolute atomic E-state index is 0.0648. The molecule has 0 amide bonds. The molecule has 0 fully saturated rings. The molecule has 0 aliphatic heterocycles. The van der Waals surface area contributed by atoms with Gasteiger partial charge in [-0.25, -0.2) is 0 Å². The van der Waals surface area contributed by atoms with E-state index < -0.39 is 24.6 Å². The number of carboxylic acid groups (broad SMARTS) is 1. The van der Waals surface area contributed by atoms with Gasteiger partial charge in [-0.3, -0.25) is 4.79 Å². The van der Waals surface area contributed by atoms with Crippen LogP contribution in [0, 0.1) is 5.41 Å². The van der Waals surface area contributed by atoms with Gasteiger partial charge in [0.1, 0.15) is 5.41 Å². The summed E-state index contributed by atoms with van der Waals surface area (Å²) in [6.45, 7) is 2.02. The number of aliphatic hydroxyl groups excluding tert-OH is 2. The number of carbonyl (C=O) groups is 1. The molecule has 3 N–H and O–H groups in total. The summed E-state index contributed by atoms with van der Waals surface area (Å²) in [6, 6.07) is 0. The number of aliphatic hydroxyl groups is 2. The highest BCUT2D eigenvalue weighted by Gasteiger charge is 2.31. The first kappa shape index (κ1) is 16.7. The summed E-state index contributed by atoms with van der Waals surface area (Å²) in [6.07, 6.45) is -0.0648. The van der Waals surface area contributed by atoms with Crippen LogP contribution in [0.3, 0.4) is 0 Å². The molecule has 15 heavy (non-hydrogen) atoms. The van der Waals surface area contributed by atoms with Crippen molar-refractivity contribution in [3.8, 4) is 0 Å². The number of hydrogen-bond donors (Lipinski definition) is 3. The molecule has 6 heteroatoms. The highest BCUT2D eigenvalue weighted by molar-refractivity contribution is 5.74. The van der Waals surface area contributed by atoms with E-state index in [2.05, 4.69) is 9.47 Å². The zero-order valence-electron chi connectivity index (χ0n) is 9.56. The lowest BCUT2D eigenvalue weighted by molar-refractivity contribution is -0.152. The van der Waals surface area contributed by atoms with Gasteiger partial charge in [0.25, 0.3) is 0 Å². The molecule has 0 radical (unpaired) electrons. The molecule has 0 aliphatic carbocycles. The third kappa shape index (κ3) is 7.26. The third-order valence-corrected chi connectivity index (χ3v) is 1.88. The fourth-order valence-electron chi connectivity index (χ4n) is 0.281. The first-order valence-electron chi connectivity index (χ1n) is 4.38. The first-order valence-corrected chi connectivity index (χ1v) is 4.38. The van der Waals surface area contributed by atoms with Crippen LogP contribution in [0.1, 0.15) is 13.8 Å². The van der Waals surface area contributed by atoms with Crippen molar-refractivity contribution in [3.05, 3.63) is 0 Å². The molecule has 0 rings (SSSR count). The van der Waals surface area contributed by atoms with Gasteiger partial charge in [0.2, 0.25) is 0 Å². The number of hydrogen-bond acceptors (Lipinski definition) is 5. The van der Waals surface area contributed by atoms with Crippen molar-refractivity contribution in [3.63, 3.8) is 0 Å². The predicted molar refractivity (Wildman–Crippen MR) is 53.4 cm³/mol. The molecule has 0 aromatic carbocycles. The van der Waals surface area contributed by atoms with Crippen LogP contribution in [0.2, 0.25) is 0 Å². The normalized spacial score (nSPS) is 10.9. The monoisotopic (exact) mass is 224 g/mol. The van der Waals surface area contributed by atoms with Gasteiger partial charge in [-0.05, 0) is 13.8 Å². The van der Waals surface area contributed by atoms with Crippen LogP contribution < -0.4 is 0 Å². The summed E-state index contributed by atoms with van der Waals surface area (Å²) < 4.78 is 9.35. The van der Waals surface area contributed by atoms with E-state index in [9.17, 15) is 4.79 Å². The Morgan fingerprint density at radius 1 is 1.27 bits per heavy atom. The van der Waals surface area contributed by atoms with Crippen LogP contribution in [0.25, 0.3) is 0 Å². The Bertz CT molecular complexity index is 162. The van der Waals surface area contributed by atoms with Gasteiger partial charge in [0, 0.05) is 14.2 Å². The van der Waals surface area contributed by atoms with Crippen molar-refractivity contribution in [2.45, 2.75) is 20.1 Å². The second-order valence-corrected chi connectivity index (χ2v) is 3.22. The van der Waals surface area contributed by atoms with Gasteiger partial charge in [-0.15, -0.1) is 0 Å². The van der Waals surface area contributed by atoms with Crippen molar-refractivity contribution < 1.29 is 29.6 Å². The van der Waals surface area contributed by atoms with Gasteiger partial charge in [-0.1, -0.05) is 0 Å². The average molecular weight is 224 g/mol. The van der Waals surface area contributed by atoms with E-state index >= 15 is 0 Å². The maximum absolute atomic E-state index is 10.2. The minimum atomic E-state index is -1.39. The van der Waals surface area contributed by atoms with Gasteiger partial charge >= 0.3 is 5.97 Å². The topological polar surface area (TPSA) is 96.2 Å². The maximum Gasteiger partial charge on any atom is 0.314 e. The second kappa shape index (κ2) is 8.60. The van der Waals surface area contributed by atoms with Crippen molar-refractivity contribution in [1.82, 2.24) is 0 Å². The molecule has 0 saturated carbocycles. The van der Waals surface area contributed by atoms with E-state index in [-0.39, 0.29) is 6.29 Å². The number of aliphatic carboxylic acids is 1. The Morgan fingerprint density at radius 3 is 1.60 bits per heavy atom. The van der Waals surface area contributed by atoms with Crippen LogP contribution in [0.5, 0.6) is 0 Å². The number of carboxylic acids is 1. The zero-order chi connectivity index (χ0) is 12.5. The molecule has 0 heterocycles. The van der Waals surface area contributed by atoms with Crippen LogP contribution in [0.4, 0.5) is 0 Å². The van der Waals surface area contributed by atoms with Crippen molar-refractivity contribution in [2.75, 3.05) is 27.4 Å². The van der Waals surface area contributed by atoms with E-state index in [0.717, 1.165) is 0 Å². The molecule has 0 aromatic rings. The van der Waals surface area contributed by atoms with Gasteiger partial charge in [-0.2, -0.15) is 0 Å². The summed E-state index contributed by atoms with van der Waals surface area (Å²) in [4.78, 5) is 10.2. The molecule has 0 atom stereocenters. The molecule has 0 spiro atoms. The Balaban J connectivity index is 0. The summed E-state index contributed by atoms with van der Waals surface area (Å²) in [5, 5.41) is 25.1. The summed E-state index contributed by atoms with van der Waals surface area (Å²) in [7, 11) is 3.21. The van der Waals surface area contributed by atoms with Gasteiger partial charge in [0.15, 0.2) is 6.29 Å².